The zero-order chi connectivity index (χ0) is 7.61. The Labute approximate surface area is 60.4 Å². The van der Waals surface area contributed by atoms with E-state index in [1.807, 2.05) is 13.8 Å². The molecule has 1 rings (SSSR count). The van der Waals surface area contributed by atoms with E-state index in [2.05, 4.69) is 5.48 Å². The number of hydroxylamine groups is 1. The van der Waals surface area contributed by atoms with E-state index in [0.29, 0.717) is 6.61 Å². The van der Waals surface area contributed by atoms with Crippen molar-refractivity contribution in [1.29, 1.82) is 0 Å². The normalized spacial score (nSPS) is 30.9. The summed E-state index contributed by atoms with van der Waals surface area (Å²) in [6, 6.07) is 0. The van der Waals surface area contributed by atoms with Crippen LogP contribution < -0.4 is 5.48 Å². The van der Waals surface area contributed by atoms with Crippen molar-refractivity contribution in [3.05, 3.63) is 0 Å². The molecule has 4 nitrogen and oxygen atoms in total. The number of hydrogen-bond acceptors (Lipinski definition) is 4. The molecule has 1 aliphatic rings. The summed E-state index contributed by atoms with van der Waals surface area (Å²) in [6.07, 6.45) is -0.278. The summed E-state index contributed by atoms with van der Waals surface area (Å²) < 4.78 is 10.5. The van der Waals surface area contributed by atoms with E-state index in [-0.39, 0.29) is 6.29 Å². The zero-order valence-corrected chi connectivity index (χ0v) is 6.51. The highest BCUT2D eigenvalue weighted by molar-refractivity contribution is 4.63. The van der Waals surface area contributed by atoms with Gasteiger partial charge >= 0.3 is 0 Å². The highest BCUT2D eigenvalue weighted by Crippen LogP contribution is 2.21. The summed E-state index contributed by atoms with van der Waals surface area (Å²) in [7, 11) is 1.69. The molecule has 0 aromatic heterocycles. The molecule has 0 radical (unpaired) electrons. The van der Waals surface area contributed by atoms with Gasteiger partial charge in [0.15, 0.2) is 5.79 Å². The Bertz CT molecular complexity index is 116. The fraction of sp³-hybridized carbons (Fsp3) is 1.00. The Morgan fingerprint density at radius 3 is 2.70 bits per heavy atom. The maximum Gasteiger partial charge on any atom is 0.203 e. The quantitative estimate of drug-likeness (QED) is 0.568. The average Bonchev–Trinajstić information content (AvgIpc) is 2.12. The van der Waals surface area contributed by atoms with Gasteiger partial charge in [-0.05, 0) is 13.8 Å². The van der Waals surface area contributed by atoms with Gasteiger partial charge in [-0.1, -0.05) is 0 Å². The van der Waals surface area contributed by atoms with Gasteiger partial charge in [0.05, 0.1) is 0 Å². The van der Waals surface area contributed by atoms with Gasteiger partial charge in [-0.2, -0.15) is 0 Å². The number of rotatable bonds is 2. The summed E-state index contributed by atoms with van der Waals surface area (Å²) >= 11 is 0. The molecule has 1 heterocycles. The maximum atomic E-state index is 5.28. The third kappa shape index (κ3) is 1.91. The molecule has 0 aromatic carbocycles. The first-order valence-corrected chi connectivity index (χ1v) is 3.28. The molecule has 10 heavy (non-hydrogen) atoms. The summed E-state index contributed by atoms with van der Waals surface area (Å²) in [5.74, 6) is -0.498. The molecule has 0 bridgehead atoms. The van der Waals surface area contributed by atoms with Gasteiger partial charge < -0.3 is 9.47 Å². The van der Waals surface area contributed by atoms with Crippen molar-refractivity contribution in [2.75, 3.05) is 13.7 Å². The van der Waals surface area contributed by atoms with Crippen LogP contribution in [0, 0.1) is 0 Å². The predicted octanol–water partition coefficient (Wildman–Crippen LogP) is 0.246. The average molecular weight is 147 g/mol. The molecule has 0 aromatic rings. The summed E-state index contributed by atoms with van der Waals surface area (Å²) in [6.45, 7) is 4.19. The number of ether oxygens (including phenoxy) is 2. The fourth-order valence-electron chi connectivity index (χ4n) is 0.843. The molecule has 1 atom stereocenters. The Morgan fingerprint density at radius 1 is 1.60 bits per heavy atom. The largest absolute Gasteiger partial charge is 0.345 e. The highest BCUT2D eigenvalue weighted by atomic mass is 16.9. The van der Waals surface area contributed by atoms with E-state index in [1.165, 1.54) is 0 Å². The van der Waals surface area contributed by atoms with Crippen molar-refractivity contribution >= 4 is 0 Å². The molecule has 1 fully saturated rings. The molecule has 0 saturated carbocycles. The molecular formula is C6H13NO3. The van der Waals surface area contributed by atoms with Crippen LogP contribution in [0.4, 0.5) is 0 Å². The molecule has 1 saturated heterocycles. The standard InChI is InChI=1S/C6H13NO3/c1-6(2)8-4-5(9-6)10-7-3/h5,7H,4H2,1-3H3. The van der Waals surface area contributed by atoms with Crippen molar-refractivity contribution in [3.63, 3.8) is 0 Å². The molecular weight excluding hydrogens is 134 g/mol. The van der Waals surface area contributed by atoms with Crippen LogP contribution in [0.2, 0.25) is 0 Å². The minimum absolute atomic E-state index is 0.278. The zero-order valence-electron chi connectivity index (χ0n) is 6.51. The van der Waals surface area contributed by atoms with Crippen LogP contribution in [0.15, 0.2) is 0 Å². The van der Waals surface area contributed by atoms with Gasteiger partial charge in [-0.3, -0.25) is 4.84 Å². The van der Waals surface area contributed by atoms with E-state index in [9.17, 15) is 0 Å². The minimum Gasteiger partial charge on any atom is -0.345 e. The van der Waals surface area contributed by atoms with Crippen LogP contribution in [-0.2, 0) is 14.3 Å². The lowest BCUT2D eigenvalue weighted by Gasteiger charge is -2.16. The van der Waals surface area contributed by atoms with Gasteiger partial charge in [0.25, 0.3) is 0 Å². The summed E-state index contributed by atoms with van der Waals surface area (Å²) in [5.41, 5.74) is 2.54. The van der Waals surface area contributed by atoms with E-state index in [1.54, 1.807) is 7.05 Å². The second-order valence-corrected chi connectivity index (χ2v) is 2.58. The third-order valence-electron chi connectivity index (χ3n) is 1.23. The van der Waals surface area contributed by atoms with Gasteiger partial charge in [0, 0.05) is 7.05 Å². The smallest absolute Gasteiger partial charge is 0.203 e. The molecule has 1 aliphatic heterocycles. The van der Waals surface area contributed by atoms with Crippen LogP contribution >= 0.6 is 0 Å². The monoisotopic (exact) mass is 147 g/mol. The van der Waals surface area contributed by atoms with E-state index in [0.717, 1.165) is 0 Å². The lowest BCUT2D eigenvalue weighted by atomic mass is 10.4. The van der Waals surface area contributed by atoms with Crippen molar-refractivity contribution in [2.24, 2.45) is 0 Å². The first kappa shape index (κ1) is 7.94. The van der Waals surface area contributed by atoms with Crippen LogP contribution in [0.5, 0.6) is 0 Å². The molecule has 0 amide bonds. The third-order valence-corrected chi connectivity index (χ3v) is 1.23. The lowest BCUT2D eigenvalue weighted by molar-refractivity contribution is -0.206. The molecule has 60 valence electrons. The first-order chi connectivity index (χ1) is 4.64. The molecule has 1 unspecified atom stereocenters. The lowest BCUT2D eigenvalue weighted by Crippen LogP contribution is -2.26. The van der Waals surface area contributed by atoms with Crippen LogP contribution in [-0.4, -0.2) is 25.7 Å². The van der Waals surface area contributed by atoms with Crippen molar-refractivity contribution in [3.8, 4) is 0 Å². The number of hydrogen-bond donors (Lipinski definition) is 1. The van der Waals surface area contributed by atoms with Gasteiger partial charge in [-0.25, -0.2) is 5.48 Å². The second-order valence-electron chi connectivity index (χ2n) is 2.58. The van der Waals surface area contributed by atoms with Crippen molar-refractivity contribution < 1.29 is 14.3 Å². The Morgan fingerprint density at radius 2 is 2.30 bits per heavy atom. The first-order valence-electron chi connectivity index (χ1n) is 3.28. The molecule has 0 spiro atoms. The van der Waals surface area contributed by atoms with Crippen LogP contribution in [0.1, 0.15) is 13.8 Å². The van der Waals surface area contributed by atoms with Gasteiger partial charge in [0.2, 0.25) is 6.29 Å². The van der Waals surface area contributed by atoms with Crippen LogP contribution in [0.25, 0.3) is 0 Å². The maximum absolute atomic E-state index is 5.28. The second kappa shape index (κ2) is 2.84. The van der Waals surface area contributed by atoms with Crippen molar-refractivity contribution in [2.45, 2.75) is 25.9 Å². The SMILES string of the molecule is CNOC1COC(C)(C)O1. The van der Waals surface area contributed by atoms with Crippen molar-refractivity contribution in [1.82, 2.24) is 5.48 Å². The topological polar surface area (TPSA) is 39.7 Å². The number of nitrogens with one attached hydrogen (secondary N) is 1. The molecule has 4 heteroatoms. The van der Waals surface area contributed by atoms with E-state index < -0.39 is 5.79 Å². The van der Waals surface area contributed by atoms with E-state index in [4.69, 9.17) is 14.3 Å². The molecule has 0 aliphatic carbocycles. The van der Waals surface area contributed by atoms with E-state index >= 15 is 0 Å². The highest BCUT2D eigenvalue weighted by Gasteiger charge is 2.33. The molecule has 1 N–H and O–H groups in total. The summed E-state index contributed by atoms with van der Waals surface area (Å²) in [4.78, 5) is 4.94. The minimum atomic E-state index is -0.498. The fourth-order valence-corrected chi connectivity index (χ4v) is 0.843. The Balaban J connectivity index is 2.29. The summed E-state index contributed by atoms with van der Waals surface area (Å²) in [5, 5.41) is 0. The predicted molar refractivity (Wildman–Crippen MR) is 35.0 cm³/mol. The van der Waals surface area contributed by atoms with Gasteiger partial charge in [-0.15, -0.1) is 0 Å². The van der Waals surface area contributed by atoms with Crippen LogP contribution in [0.3, 0.4) is 0 Å². The Kier molecular flexibility index (Phi) is 2.25. The van der Waals surface area contributed by atoms with Gasteiger partial charge in [0.1, 0.15) is 6.61 Å². The Hall–Kier alpha value is -0.160.